The number of nitrogens with one attached hydrogen (secondary N) is 1. The zero-order valence-electron chi connectivity index (χ0n) is 23.8. The number of ether oxygens (including phenoxy) is 2. The third-order valence-electron chi connectivity index (χ3n) is 8.52. The Morgan fingerprint density at radius 1 is 1.08 bits per heavy atom. The molecular formula is C29H47N3O3Si. The minimum atomic E-state index is -1.80. The molecule has 7 heteroatoms. The van der Waals surface area contributed by atoms with Gasteiger partial charge < -0.3 is 24.1 Å². The number of benzene rings is 1. The van der Waals surface area contributed by atoms with E-state index in [9.17, 15) is 0 Å². The van der Waals surface area contributed by atoms with Gasteiger partial charge in [-0.1, -0.05) is 20.8 Å². The van der Waals surface area contributed by atoms with Crippen molar-refractivity contribution in [2.75, 3.05) is 38.7 Å². The highest BCUT2D eigenvalue weighted by Crippen LogP contribution is 2.41. The second kappa shape index (κ2) is 10.9. The number of aromatic nitrogens is 1. The predicted molar refractivity (Wildman–Crippen MR) is 152 cm³/mol. The van der Waals surface area contributed by atoms with Gasteiger partial charge in [0.05, 0.1) is 19.2 Å². The van der Waals surface area contributed by atoms with Gasteiger partial charge in [0, 0.05) is 48.0 Å². The molecule has 4 rings (SSSR count). The fourth-order valence-electron chi connectivity index (χ4n) is 5.14. The zero-order chi connectivity index (χ0) is 26.1. The summed E-state index contributed by atoms with van der Waals surface area (Å²) in [6.45, 7) is 19.3. The van der Waals surface area contributed by atoms with Crippen molar-refractivity contribution < 1.29 is 13.9 Å². The highest BCUT2D eigenvalue weighted by Gasteiger charge is 2.37. The summed E-state index contributed by atoms with van der Waals surface area (Å²) in [7, 11) is -0.0772. The van der Waals surface area contributed by atoms with Crippen LogP contribution in [0, 0.1) is 0 Å². The zero-order valence-corrected chi connectivity index (χ0v) is 24.8. The van der Waals surface area contributed by atoms with E-state index in [0.717, 1.165) is 48.3 Å². The Hall–Kier alpha value is -1.83. The smallest absolute Gasteiger partial charge is 0.192 e. The van der Waals surface area contributed by atoms with Crippen molar-refractivity contribution in [3.8, 4) is 11.5 Å². The van der Waals surface area contributed by atoms with Crippen molar-refractivity contribution in [1.82, 2.24) is 9.88 Å². The Morgan fingerprint density at radius 2 is 1.81 bits per heavy atom. The summed E-state index contributed by atoms with van der Waals surface area (Å²) in [5.74, 6) is 1.50. The van der Waals surface area contributed by atoms with Gasteiger partial charge in [-0.15, -0.1) is 0 Å². The van der Waals surface area contributed by atoms with Crippen molar-refractivity contribution >= 4 is 24.9 Å². The molecule has 2 heterocycles. The van der Waals surface area contributed by atoms with E-state index in [1.165, 1.54) is 36.2 Å². The first-order chi connectivity index (χ1) is 17.0. The molecule has 1 aromatic carbocycles. The molecule has 1 aliphatic heterocycles. The molecule has 36 heavy (non-hydrogen) atoms. The van der Waals surface area contributed by atoms with Gasteiger partial charge in [-0.05, 0) is 75.7 Å². The number of anilines is 1. The second-order valence-corrected chi connectivity index (χ2v) is 17.1. The molecule has 1 aliphatic carbocycles. The summed E-state index contributed by atoms with van der Waals surface area (Å²) >= 11 is 0. The molecule has 0 unspecified atom stereocenters. The minimum absolute atomic E-state index is 0.187. The lowest BCUT2D eigenvalue weighted by Crippen LogP contribution is -2.42. The monoisotopic (exact) mass is 513 g/mol. The van der Waals surface area contributed by atoms with Crippen LogP contribution in [-0.4, -0.2) is 63.7 Å². The first-order valence-corrected chi connectivity index (χ1v) is 16.7. The molecule has 6 nitrogen and oxygen atoms in total. The van der Waals surface area contributed by atoms with E-state index >= 15 is 0 Å². The number of methoxy groups -OCH3 is 1. The summed E-state index contributed by atoms with van der Waals surface area (Å²) in [6, 6.07) is 5.29. The average Bonchev–Trinajstić information content (AvgIpc) is 3.29. The third kappa shape index (κ3) is 5.84. The van der Waals surface area contributed by atoms with E-state index in [-0.39, 0.29) is 5.04 Å². The van der Waals surface area contributed by atoms with Gasteiger partial charge in [0.15, 0.2) is 19.8 Å². The van der Waals surface area contributed by atoms with Crippen LogP contribution in [-0.2, 0) is 17.3 Å². The molecule has 1 aromatic heterocycles. The standard InChI is InChI=1S/C29H47N3O3Si/c1-20(2)32-14-12-21(13-15-32)30-28-22-10-9-11-24(22)31-25-19-27(26(33-6)18-23(25)28)34-16-17-35-36(7,8)29(3,4)5/h18-21H,9-17H2,1-8H3,(H,30,31). The number of hydrogen-bond acceptors (Lipinski definition) is 6. The molecule has 0 amide bonds. The molecule has 0 radical (unpaired) electrons. The van der Waals surface area contributed by atoms with Crippen LogP contribution in [0.2, 0.25) is 18.1 Å². The van der Waals surface area contributed by atoms with E-state index in [2.05, 4.69) is 70.1 Å². The number of rotatable bonds is 9. The van der Waals surface area contributed by atoms with Gasteiger partial charge in [0.2, 0.25) is 0 Å². The van der Waals surface area contributed by atoms with Gasteiger partial charge in [0.1, 0.15) is 6.61 Å². The average molecular weight is 514 g/mol. The van der Waals surface area contributed by atoms with E-state index in [1.54, 1.807) is 7.11 Å². The molecule has 0 atom stereocenters. The Balaban J connectivity index is 1.54. The number of likely N-dealkylation sites (tertiary alicyclic amines) is 1. The Morgan fingerprint density at radius 3 is 2.44 bits per heavy atom. The molecule has 2 aromatic rings. The van der Waals surface area contributed by atoms with Gasteiger partial charge in [0.25, 0.3) is 0 Å². The highest BCUT2D eigenvalue weighted by atomic mass is 28.4. The Bertz CT molecular complexity index is 1060. The number of nitrogens with zero attached hydrogens (tertiary/aromatic N) is 2. The minimum Gasteiger partial charge on any atom is -0.493 e. The number of aryl methyl sites for hydroxylation is 1. The van der Waals surface area contributed by atoms with Crippen molar-refractivity contribution in [1.29, 1.82) is 0 Å². The SMILES string of the molecule is COc1cc2c(NC3CCN(C(C)C)CC3)c3c(nc2cc1OCCO[Si](C)(C)C(C)(C)C)CCC3. The summed E-state index contributed by atoms with van der Waals surface area (Å²) in [5, 5.41) is 5.29. The maximum Gasteiger partial charge on any atom is 0.192 e. The van der Waals surface area contributed by atoms with E-state index in [4.69, 9.17) is 18.9 Å². The molecular weight excluding hydrogens is 466 g/mol. The fourth-order valence-corrected chi connectivity index (χ4v) is 6.16. The van der Waals surface area contributed by atoms with E-state index in [0.29, 0.717) is 25.3 Å². The highest BCUT2D eigenvalue weighted by molar-refractivity contribution is 6.74. The van der Waals surface area contributed by atoms with Crippen LogP contribution in [0.25, 0.3) is 10.9 Å². The van der Waals surface area contributed by atoms with Crippen LogP contribution < -0.4 is 14.8 Å². The van der Waals surface area contributed by atoms with Crippen LogP contribution >= 0.6 is 0 Å². The topological polar surface area (TPSA) is 55.9 Å². The van der Waals surface area contributed by atoms with Crippen molar-refractivity contribution in [2.45, 2.75) is 96.9 Å². The van der Waals surface area contributed by atoms with Crippen LogP contribution in [0.1, 0.15) is 65.1 Å². The van der Waals surface area contributed by atoms with Crippen LogP contribution in [0.15, 0.2) is 12.1 Å². The second-order valence-electron chi connectivity index (χ2n) is 12.3. The first kappa shape index (κ1) is 27.2. The van der Waals surface area contributed by atoms with Crippen molar-refractivity contribution in [3.05, 3.63) is 23.4 Å². The normalized spacial score (nSPS) is 17.6. The third-order valence-corrected chi connectivity index (χ3v) is 13.1. The van der Waals surface area contributed by atoms with Crippen LogP contribution in [0.3, 0.4) is 0 Å². The summed E-state index contributed by atoms with van der Waals surface area (Å²) in [4.78, 5) is 7.65. The largest absolute Gasteiger partial charge is 0.493 e. The van der Waals surface area contributed by atoms with Gasteiger partial charge >= 0.3 is 0 Å². The van der Waals surface area contributed by atoms with E-state index < -0.39 is 8.32 Å². The number of fused-ring (bicyclic) bond motifs is 2. The number of hydrogen-bond donors (Lipinski definition) is 1. The molecule has 200 valence electrons. The van der Waals surface area contributed by atoms with Crippen LogP contribution in [0.4, 0.5) is 5.69 Å². The summed E-state index contributed by atoms with van der Waals surface area (Å²) < 4.78 is 18.3. The lowest BCUT2D eigenvalue weighted by atomic mass is 10.0. The molecule has 0 saturated carbocycles. The van der Waals surface area contributed by atoms with Crippen LogP contribution in [0.5, 0.6) is 11.5 Å². The number of pyridine rings is 1. The maximum absolute atomic E-state index is 6.31. The van der Waals surface area contributed by atoms with Gasteiger partial charge in [-0.3, -0.25) is 4.98 Å². The maximum atomic E-state index is 6.31. The molecule has 1 fully saturated rings. The van der Waals surface area contributed by atoms with Crippen molar-refractivity contribution in [2.24, 2.45) is 0 Å². The van der Waals surface area contributed by atoms with E-state index in [1.807, 2.05) is 0 Å². The fraction of sp³-hybridized carbons (Fsp3) is 0.690. The predicted octanol–water partition coefficient (Wildman–Crippen LogP) is 6.42. The lowest BCUT2D eigenvalue weighted by Gasteiger charge is -2.36. The molecule has 0 bridgehead atoms. The summed E-state index contributed by atoms with van der Waals surface area (Å²) in [6.07, 6.45) is 5.65. The Kier molecular flexibility index (Phi) is 8.22. The summed E-state index contributed by atoms with van der Waals surface area (Å²) in [5.41, 5.74) is 4.88. The lowest BCUT2D eigenvalue weighted by molar-refractivity contribution is 0.177. The van der Waals surface area contributed by atoms with Gasteiger partial charge in [-0.2, -0.15) is 0 Å². The van der Waals surface area contributed by atoms with Crippen molar-refractivity contribution in [3.63, 3.8) is 0 Å². The molecule has 1 saturated heterocycles. The first-order valence-electron chi connectivity index (χ1n) is 13.8. The van der Waals surface area contributed by atoms with Gasteiger partial charge in [-0.25, -0.2) is 0 Å². The number of piperidine rings is 1. The molecule has 1 N–H and O–H groups in total. The molecule has 2 aliphatic rings. The Labute approximate surface area is 219 Å². The quantitative estimate of drug-likeness (QED) is 0.309. The molecule has 0 spiro atoms.